The van der Waals surface area contributed by atoms with Gasteiger partial charge < -0.3 is 0 Å². The molecule has 5 nitrogen and oxygen atoms in total. The van der Waals surface area contributed by atoms with Crippen LogP contribution in [0.5, 0.6) is 0 Å². The van der Waals surface area contributed by atoms with Gasteiger partial charge in [0.05, 0.1) is 0 Å². The van der Waals surface area contributed by atoms with Gasteiger partial charge in [-0.1, -0.05) is 6.08 Å². The molecule has 0 saturated heterocycles. The number of aromatic nitrogens is 2. The van der Waals surface area contributed by atoms with Gasteiger partial charge >= 0.3 is 5.69 Å². The second-order valence-corrected chi connectivity index (χ2v) is 3.24. The number of aryl methyl sites for hydroxylation is 1. The third kappa shape index (κ3) is 3.05. The molecule has 0 aromatic carbocycles. The van der Waals surface area contributed by atoms with E-state index >= 15 is 0 Å². The number of H-pyrrole nitrogens is 1. The first-order valence-electron chi connectivity index (χ1n) is 4.48. The Bertz CT molecular complexity index is 508. The summed E-state index contributed by atoms with van der Waals surface area (Å²) in [7, 11) is 0. The number of hydrogen-bond acceptors (Lipinski definition) is 3. The summed E-state index contributed by atoms with van der Waals surface area (Å²) >= 11 is 0. The molecule has 5 heteroatoms. The zero-order chi connectivity index (χ0) is 11.4. The van der Waals surface area contributed by atoms with Crippen molar-refractivity contribution in [1.29, 1.82) is 0 Å². The number of nitrogens with one attached hydrogen (secondary N) is 1. The van der Waals surface area contributed by atoms with Crippen LogP contribution in [-0.4, -0.2) is 15.3 Å². The fraction of sp³-hybridized carbons (Fsp3) is 0.300. The van der Waals surface area contributed by atoms with E-state index in [1.807, 2.05) is 0 Å². The van der Waals surface area contributed by atoms with Gasteiger partial charge in [0.1, 0.15) is 0 Å². The first-order valence-corrected chi connectivity index (χ1v) is 4.48. The lowest BCUT2D eigenvalue weighted by atomic mass is 10.3. The highest BCUT2D eigenvalue weighted by molar-refractivity contribution is 5.87. The van der Waals surface area contributed by atoms with Crippen molar-refractivity contribution >= 4 is 5.78 Å². The molecule has 0 aliphatic carbocycles. The van der Waals surface area contributed by atoms with Crippen molar-refractivity contribution < 1.29 is 4.79 Å². The standard InChI is InChI=1S/C10H12N2O3/c1-7-6-12(5-3-4-8(2)13)10(15)11-9(7)14/h3-4,6H,5H2,1-2H3,(H,11,14,15)/b4-3+. The number of rotatable bonds is 3. The zero-order valence-electron chi connectivity index (χ0n) is 8.61. The average molecular weight is 208 g/mol. The molecule has 0 saturated carbocycles. The van der Waals surface area contributed by atoms with Crippen molar-refractivity contribution in [3.05, 3.63) is 44.8 Å². The first kappa shape index (κ1) is 11.2. The maximum Gasteiger partial charge on any atom is 0.328 e. The molecule has 0 radical (unpaired) electrons. The lowest BCUT2D eigenvalue weighted by molar-refractivity contribution is -0.112. The Morgan fingerprint density at radius 3 is 2.80 bits per heavy atom. The summed E-state index contributed by atoms with van der Waals surface area (Å²) in [4.78, 5) is 35.1. The van der Waals surface area contributed by atoms with Crippen molar-refractivity contribution in [2.24, 2.45) is 0 Å². The third-order valence-electron chi connectivity index (χ3n) is 1.84. The minimum Gasteiger partial charge on any atom is -0.297 e. The highest BCUT2D eigenvalue weighted by atomic mass is 16.2. The second kappa shape index (κ2) is 4.54. The fourth-order valence-corrected chi connectivity index (χ4v) is 1.09. The summed E-state index contributed by atoms with van der Waals surface area (Å²) in [6.45, 7) is 3.32. The van der Waals surface area contributed by atoms with Crippen LogP contribution in [0.25, 0.3) is 0 Å². The van der Waals surface area contributed by atoms with E-state index in [4.69, 9.17) is 0 Å². The predicted molar refractivity (Wildman–Crippen MR) is 55.9 cm³/mol. The lowest BCUT2D eigenvalue weighted by Crippen LogP contribution is -2.30. The molecular weight excluding hydrogens is 196 g/mol. The van der Waals surface area contributed by atoms with Crippen molar-refractivity contribution in [3.8, 4) is 0 Å². The van der Waals surface area contributed by atoms with Crippen molar-refractivity contribution in [1.82, 2.24) is 9.55 Å². The van der Waals surface area contributed by atoms with E-state index in [9.17, 15) is 14.4 Å². The van der Waals surface area contributed by atoms with E-state index in [1.165, 1.54) is 23.8 Å². The van der Waals surface area contributed by atoms with E-state index in [-0.39, 0.29) is 17.9 Å². The summed E-state index contributed by atoms with van der Waals surface area (Å²) in [5.74, 6) is -0.0794. The summed E-state index contributed by atoms with van der Waals surface area (Å²) in [5, 5.41) is 0. The molecule has 0 fully saturated rings. The summed E-state index contributed by atoms with van der Waals surface area (Å²) < 4.78 is 1.33. The molecule has 0 spiro atoms. The molecule has 1 aromatic rings. The number of ketones is 1. The molecule has 1 rings (SSSR count). The molecular formula is C10H12N2O3. The molecule has 0 amide bonds. The van der Waals surface area contributed by atoms with Gasteiger partial charge in [-0.05, 0) is 19.9 Å². The van der Waals surface area contributed by atoms with Crippen LogP contribution < -0.4 is 11.2 Å². The molecule has 1 aromatic heterocycles. The van der Waals surface area contributed by atoms with Crippen molar-refractivity contribution in [2.45, 2.75) is 20.4 Å². The van der Waals surface area contributed by atoms with Crippen LogP contribution in [0.1, 0.15) is 12.5 Å². The Labute approximate surface area is 86.1 Å². The van der Waals surface area contributed by atoms with Crippen molar-refractivity contribution in [3.63, 3.8) is 0 Å². The van der Waals surface area contributed by atoms with Crippen LogP contribution in [0.4, 0.5) is 0 Å². The molecule has 1 heterocycles. The molecule has 0 atom stereocenters. The number of carbonyl (C=O) groups excluding carboxylic acids is 1. The van der Waals surface area contributed by atoms with Gasteiger partial charge in [0.15, 0.2) is 5.78 Å². The smallest absolute Gasteiger partial charge is 0.297 e. The Hall–Kier alpha value is -1.91. The molecule has 80 valence electrons. The van der Waals surface area contributed by atoms with Crippen LogP contribution in [-0.2, 0) is 11.3 Å². The van der Waals surface area contributed by atoms with Crippen LogP contribution in [0.3, 0.4) is 0 Å². The fourth-order valence-electron chi connectivity index (χ4n) is 1.09. The van der Waals surface area contributed by atoms with Gasteiger partial charge in [-0.3, -0.25) is 19.1 Å². The Morgan fingerprint density at radius 2 is 2.20 bits per heavy atom. The van der Waals surface area contributed by atoms with Crippen LogP contribution in [0, 0.1) is 6.92 Å². The highest BCUT2D eigenvalue weighted by Crippen LogP contribution is 1.86. The largest absolute Gasteiger partial charge is 0.328 e. The van der Waals surface area contributed by atoms with Gasteiger partial charge in [0, 0.05) is 18.3 Å². The molecule has 15 heavy (non-hydrogen) atoms. The van der Waals surface area contributed by atoms with Crippen LogP contribution in [0.15, 0.2) is 27.9 Å². The van der Waals surface area contributed by atoms with Gasteiger partial charge in [0.2, 0.25) is 0 Å². The molecule has 1 N–H and O–H groups in total. The van der Waals surface area contributed by atoms with E-state index in [1.54, 1.807) is 13.0 Å². The van der Waals surface area contributed by atoms with E-state index in [2.05, 4.69) is 4.98 Å². The molecule has 0 bridgehead atoms. The van der Waals surface area contributed by atoms with Gasteiger partial charge in [-0.15, -0.1) is 0 Å². The third-order valence-corrected chi connectivity index (χ3v) is 1.84. The lowest BCUT2D eigenvalue weighted by Gasteiger charge is -2.01. The van der Waals surface area contributed by atoms with Crippen molar-refractivity contribution in [2.75, 3.05) is 0 Å². The van der Waals surface area contributed by atoms with E-state index in [0.717, 1.165) is 0 Å². The van der Waals surface area contributed by atoms with Crippen LogP contribution >= 0.6 is 0 Å². The topological polar surface area (TPSA) is 71.9 Å². The van der Waals surface area contributed by atoms with E-state index in [0.29, 0.717) is 5.56 Å². The SMILES string of the molecule is CC(=O)/C=C/Cn1cc(C)c(=O)[nH]c1=O. The number of hydrogen-bond donors (Lipinski definition) is 1. The quantitative estimate of drug-likeness (QED) is 0.710. The number of carbonyl (C=O) groups is 1. The average Bonchev–Trinajstić information content (AvgIpc) is 2.13. The zero-order valence-corrected chi connectivity index (χ0v) is 8.61. The molecule has 0 unspecified atom stereocenters. The number of aromatic amines is 1. The summed E-state index contributed by atoms with van der Waals surface area (Å²) in [6, 6.07) is 0. The maximum absolute atomic E-state index is 11.3. The summed E-state index contributed by atoms with van der Waals surface area (Å²) in [5.41, 5.74) is -0.392. The summed E-state index contributed by atoms with van der Waals surface area (Å²) in [6.07, 6.45) is 4.42. The number of allylic oxidation sites excluding steroid dienone is 2. The minimum atomic E-state index is -0.473. The normalized spacial score (nSPS) is 10.8. The molecule has 0 aliphatic heterocycles. The second-order valence-electron chi connectivity index (χ2n) is 3.24. The van der Waals surface area contributed by atoms with Crippen LogP contribution in [0.2, 0.25) is 0 Å². The predicted octanol–water partition coefficient (Wildman–Crippen LogP) is -0.00978. The molecule has 0 aliphatic rings. The van der Waals surface area contributed by atoms with Gasteiger partial charge in [0.25, 0.3) is 5.56 Å². The number of nitrogens with zero attached hydrogens (tertiary/aromatic N) is 1. The van der Waals surface area contributed by atoms with Gasteiger partial charge in [-0.25, -0.2) is 4.79 Å². The maximum atomic E-state index is 11.3. The Kier molecular flexibility index (Phi) is 3.38. The van der Waals surface area contributed by atoms with Gasteiger partial charge in [-0.2, -0.15) is 0 Å². The Balaban J connectivity index is 2.97. The highest BCUT2D eigenvalue weighted by Gasteiger charge is 1.98. The first-order chi connectivity index (χ1) is 7.00. The minimum absolute atomic E-state index is 0.0794. The van der Waals surface area contributed by atoms with E-state index < -0.39 is 5.69 Å². The Morgan fingerprint density at radius 1 is 1.53 bits per heavy atom. The monoisotopic (exact) mass is 208 g/mol.